The van der Waals surface area contributed by atoms with Crippen LogP contribution in [0.3, 0.4) is 0 Å². The van der Waals surface area contributed by atoms with Crippen molar-refractivity contribution >= 4 is 22.1 Å². The van der Waals surface area contributed by atoms with Crippen LogP contribution in [0.25, 0.3) is 6.08 Å². The number of carbonyl (C=O) groups is 1. The molecular weight excluding hydrogens is 284 g/mol. The van der Waals surface area contributed by atoms with Gasteiger partial charge in [-0.05, 0) is 23.8 Å². The molecule has 0 atom stereocenters. The molecular formula is C12H16N2O5S. The predicted molar refractivity (Wildman–Crippen MR) is 73.7 cm³/mol. The lowest BCUT2D eigenvalue weighted by atomic mass is 10.2. The molecule has 0 saturated carbocycles. The molecule has 0 aliphatic heterocycles. The maximum Gasteiger partial charge on any atom is 0.328 e. The quantitative estimate of drug-likeness (QED) is 0.588. The second kappa shape index (κ2) is 6.51. The summed E-state index contributed by atoms with van der Waals surface area (Å²) in [6.07, 6.45) is 2.23. The van der Waals surface area contributed by atoms with Gasteiger partial charge in [-0.1, -0.05) is 6.07 Å². The van der Waals surface area contributed by atoms with E-state index >= 15 is 0 Å². The predicted octanol–water partition coefficient (Wildman–Crippen LogP) is 0.548. The molecule has 0 aromatic heterocycles. The minimum atomic E-state index is -3.79. The van der Waals surface area contributed by atoms with Gasteiger partial charge in [-0.15, -0.1) is 4.83 Å². The number of sulfonamides is 1. The van der Waals surface area contributed by atoms with Gasteiger partial charge in [0.05, 0.1) is 7.11 Å². The molecule has 1 aromatic rings. The number of hydrazine groups is 1. The SMILES string of the molecule is COc1ccc(/C=C/C(=O)O)cc1S(=O)(=O)NN(C)C. The van der Waals surface area contributed by atoms with E-state index in [-0.39, 0.29) is 10.6 Å². The zero-order chi connectivity index (χ0) is 15.3. The van der Waals surface area contributed by atoms with E-state index in [4.69, 9.17) is 9.84 Å². The largest absolute Gasteiger partial charge is 0.495 e. The van der Waals surface area contributed by atoms with E-state index in [1.165, 1.54) is 44.4 Å². The number of carboxylic acids is 1. The van der Waals surface area contributed by atoms with Crippen molar-refractivity contribution in [1.29, 1.82) is 0 Å². The molecule has 20 heavy (non-hydrogen) atoms. The molecule has 0 amide bonds. The molecule has 0 heterocycles. The van der Waals surface area contributed by atoms with Crippen molar-refractivity contribution in [3.63, 3.8) is 0 Å². The van der Waals surface area contributed by atoms with Gasteiger partial charge in [0.15, 0.2) is 0 Å². The molecule has 8 heteroatoms. The molecule has 0 saturated heterocycles. The van der Waals surface area contributed by atoms with Crippen molar-refractivity contribution in [2.45, 2.75) is 4.90 Å². The average molecular weight is 300 g/mol. The Hall–Kier alpha value is -1.90. The van der Waals surface area contributed by atoms with E-state index in [2.05, 4.69) is 4.83 Å². The van der Waals surface area contributed by atoms with Crippen LogP contribution in [0.15, 0.2) is 29.2 Å². The van der Waals surface area contributed by atoms with Gasteiger partial charge in [-0.2, -0.15) is 0 Å². The number of carboxylic acid groups (broad SMARTS) is 1. The van der Waals surface area contributed by atoms with Gasteiger partial charge in [-0.25, -0.2) is 18.2 Å². The van der Waals surface area contributed by atoms with Crippen LogP contribution in [-0.2, 0) is 14.8 Å². The Labute approximate surface area is 117 Å². The molecule has 1 aromatic carbocycles. The number of hydrogen-bond acceptors (Lipinski definition) is 5. The third-order valence-electron chi connectivity index (χ3n) is 2.20. The standard InChI is InChI=1S/C12H16N2O5S/c1-14(2)13-20(17,18)11-8-9(5-7-12(15)16)4-6-10(11)19-3/h4-8,13H,1-3H3,(H,15,16)/b7-5+. The first-order chi connectivity index (χ1) is 9.26. The second-order valence-corrected chi connectivity index (χ2v) is 5.70. The molecule has 2 N–H and O–H groups in total. The van der Waals surface area contributed by atoms with Crippen LogP contribution < -0.4 is 9.57 Å². The third kappa shape index (κ3) is 4.34. The highest BCUT2D eigenvalue weighted by Crippen LogP contribution is 2.25. The lowest BCUT2D eigenvalue weighted by Gasteiger charge is -2.15. The summed E-state index contributed by atoms with van der Waals surface area (Å²) in [4.78, 5) is 12.7. The normalized spacial score (nSPS) is 12.0. The van der Waals surface area contributed by atoms with Crippen LogP contribution in [-0.4, -0.2) is 45.7 Å². The first-order valence-electron chi connectivity index (χ1n) is 5.55. The van der Waals surface area contributed by atoms with Crippen LogP contribution in [0.1, 0.15) is 5.56 Å². The zero-order valence-corrected chi connectivity index (χ0v) is 12.1. The smallest absolute Gasteiger partial charge is 0.328 e. The van der Waals surface area contributed by atoms with Crippen molar-refractivity contribution in [2.75, 3.05) is 21.2 Å². The maximum atomic E-state index is 12.1. The number of hydrogen-bond donors (Lipinski definition) is 2. The summed E-state index contributed by atoms with van der Waals surface area (Å²) in [7, 11) is 0.644. The van der Waals surface area contributed by atoms with Gasteiger partial charge in [0.2, 0.25) is 0 Å². The minimum absolute atomic E-state index is 0.0683. The summed E-state index contributed by atoms with van der Waals surface area (Å²) >= 11 is 0. The van der Waals surface area contributed by atoms with Crippen LogP contribution in [0.5, 0.6) is 5.75 Å². The van der Waals surface area contributed by atoms with Crippen LogP contribution >= 0.6 is 0 Å². The van der Waals surface area contributed by atoms with Crippen LogP contribution in [0.4, 0.5) is 0 Å². The Morgan fingerprint density at radius 3 is 2.55 bits per heavy atom. The Morgan fingerprint density at radius 1 is 1.40 bits per heavy atom. The van der Waals surface area contributed by atoms with Gasteiger partial charge >= 0.3 is 5.97 Å². The molecule has 110 valence electrons. The number of nitrogens with zero attached hydrogens (tertiary/aromatic N) is 1. The van der Waals surface area contributed by atoms with Crippen molar-refractivity contribution < 1.29 is 23.1 Å². The Kier molecular flexibility index (Phi) is 5.26. The van der Waals surface area contributed by atoms with Crippen LogP contribution in [0, 0.1) is 0 Å². The molecule has 7 nitrogen and oxygen atoms in total. The van der Waals surface area contributed by atoms with Crippen molar-refractivity contribution in [1.82, 2.24) is 9.84 Å². The highest BCUT2D eigenvalue weighted by molar-refractivity contribution is 7.89. The topological polar surface area (TPSA) is 95.9 Å². The molecule has 0 aliphatic carbocycles. The highest BCUT2D eigenvalue weighted by atomic mass is 32.2. The summed E-state index contributed by atoms with van der Waals surface area (Å²) < 4.78 is 29.3. The van der Waals surface area contributed by atoms with E-state index in [1.807, 2.05) is 0 Å². The summed E-state index contributed by atoms with van der Waals surface area (Å²) in [5, 5.41) is 9.86. The van der Waals surface area contributed by atoms with Crippen molar-refractivity contribution in [3.05, 3.63) is 29.8 Å². The van der Waals surface area contributed by atoms with Gasteiger partial charge in [0.25, 0.3) is 10.0 Å². The van der Waals surface area contributed by atoms with Crippen molar-refractivity contribution in [3.8, 4) is 5.75 Å². The van der Waals surface area contributed by atoms with Gasteiger partial charge in [0, 0.05) is 20.2 Å². The second-order valence-electron chi connectivity index (χ2n) is 4.07. The fourth-order valence-electron chi connectivity index (χ4n) is 1.46. The maximum absolute atomic E-state index is 12.1. The van der Waals surface area contributed by atoms with E-state index in [9.17, 15) is 13.2 Å². The third-order valence-corrected chi connectivity index (χ3v) is 3.70. The molecule has 1 rings (SSSR count). The number of aliphatic carboxylic acids is 1. The minimum Gasteiger partial charge on any atom is -0.495 e. The summed E-state index contributed by atoms with van der Waals surface area (Å²) in [5.74, 6) is -0.941. The molecule has 0 unspecified atom stereocenters. The highest BCUT2D eigenvalue weighted by Gasteiger charge is 2.20. The number of nitrogens with one attached hydrogen (secondary N) is 1. The first-order valence-corrected chi connectivity index (χ1v) is 7.03. The molecule has 0 radical (unpaired) electrons. The van der Waals surface area contributed by atoms with Gasteiger partial charge in [0.1, 0.15) is 10.6 Å². The Morgan fingerprint density at radius 2 is 2.05 bits per heavy atom. The van der Waals surface area contributed by atoms with Crippen LogP contribution in [0.2, 0.25) is 0 Å². The van der Waals surface area contributed by atoms with E-state index < -0.39 is 16.0 Å². The number of methoxy groups -OCH3 is 1. The number of rotatable bonds is 6. The molecule has 0 aliphatic rings. The lowest BCUT2D eigenvalue weighted by molar-refractivity contribution is -0.131. The fourth-order valence-corrected chi connectivity index (χ4v) is 2.75. The van der Waals surface area contributed by atoms with Crippen molar-refractivity contribution in [2.24, 2.45) is 0 Å². The molecule has 0 spiro atoms. The van der Waals surface area contributed by atoms with E-state index in [0.29, 0.717) is 5.56 Å². The summed E-state index contributed by atoms with van der Waals surface area (Å²) in [5.41, 5.74) is 0.437. The van der Waals surface area contributed by atoms with Gasteiger partial charge < -0.3 is 9.84 Å². The zero-order valence-electron chi connectivity index (χ0n) is 11.3. The Balaban J connectivity index is 3.29. The Bertz CT molecular complexity index is 623. The summed E-state index contributed by atoms with van der Waals surface area (Å²) in [6.45, 7) is 0. The monoisotopic (exact) mass is 300 g/mol. The average Bonchev–Trinajstić information content (AvgIpc) is 2.34. The van der Waals surface area contributed by atoms with E-state index in [0.717, 1.165) is 6.08 Å². The lowest BCUT2D eigenvalue weighted by Crippen LogP contribution is -2.36. The summed E-state index contributed by atoms with van der Waals surface area (Å²) in [6, 6.07) is 4.36. The fraction of sp³-hybridized carbons (Fsp3) is 0.250. The molecule has 0 bridgehead atoms. The van der Waals surface area contributed by atoms with E-state index in [1.54, 1.807) is 6.07 Å². The molecule has 0 fully saturated rings. The number of benzene rings is 1. The first kappa shape index (κ1) is 16.2. The van der Waals surface area contributed by atoms with Gasteiger partial charge in [-0.3, -0.25) is 0 Å². The number of ether oxygens (including phenoxy) is 1.